The van der Waals surface area contributed by atoms with Crippen molar-refractivity contribution in [1.82, 2.24) is 25.0 Å². The first-order valence-electron chi connectivity index (χ1n) is 12.1. The molecule has 4 aromatic rings. The van der Waals surface area contributed by atoms with E-state index in [2.05, 4.69) is 50.6 Å². The zero-order valence-corrected chi connectivity index (χ0v) is 20.3. The number of aliphatic hydroxyl groups excluding tert-OH is 1. The van der Waals surface area contributed by atoms with Crippen molar-refractivity contribution in [2.24, 2.45) is 7.05 Å². The van der Waals surface area contributed by atoms with Crippen molar-refractivity contribution in [2.45, 2.75) is 25.6 Å². The number of nitrogens with zero attached hydrogens (tertiary/aromatic N) is 4. The maximum absolute atomic E-state index is 13.0. The third-order valence-electron chi connectivity index (χ3n) is 6.58. The summed E-state index contributed by atoms with van der Waals surface area (Å²) in [6.45, 7) is 2.51. The molecule has 0 spiro atoms. The smallest absolute Gasteiger partial charge is 0.255 e. The topological polar surface area (TPSA) is 109 Å². The van der Waals surface area contributed by atoms with E-state index in [0.717, 1.165) is 53.9 Å². The molecule has 1 saturated heterocycles. The first kappa shape index (κ1) is 23.7. The van der Waals surface area contributed by atoms with Crippen molar-refractivity contribution in [3.05, 3.63) is 89.9 Å². The highest BCUT2D eigenvalue weighted by atomic mass is 16.3. The van der Waals surface area contributed by atoms with E-state index < -0.39 is 0 Å². The van der Waals surface area contributed by atoms with Gasteiger partial charge in [-0.05, 0) is 46.9 Å². The van der Waals surface area contributed by atoms with Crippen LogP contribution >= 0.6 is 0 Å². The number of nitrogens with two attached hydrogens (primary N) is 1. The van der Waals surface area contributed by atoms with E-state index in [-0.39, 0.29) is 24.4 Å². The second-order valence-electron chi connectivity index (χ2n) is 9.31. The van der Waals surface area contributed by atoms with E-state index >= 15 is 0 Å². The Morgan fingerprint density at radius 3 is 2.53 bits per heavy atom. The lowest BCUT2D eigenvalue weighted by molar-refractivity contribution is 0.0938. The minimum Gasteiger partial charge on any atom is -0.392 e. The predicted octanol–water partition coefficient (Wildman–Crippen LogP) is 3.23. The van der Waals surface area contributed by atoms with E-state index in [9.17, 15) is 9.90 Å². The highest BCUT2D eigenvalue weighted by Crippen LogP contribution is 2.24. The molecule has 0 radical (unpaired) electrons. The van der Waals surface area contributed by atoms with Gasteiger partial charge in [0.25, 0.3) is 5.91 Å². The van der Waals surface area contributed by atoms with Crippen LogP contribution in [-0.4, -0.2) is 49.8 Å². The molecule has 4 N–H and O–H groups in total. The highest BCUT2D eigenvalue weighted by molar-refractivity contribution is 5.99. The monoisotopic (exact) mass is 482 g/mol. The SMILES string of the molecule is Cn1cc(-c2cnc(N)c(C(=O)NC3CCN(Cc4cccc(-c5cccc(CO)c5)c4)C3)c2)cn1. The molecule has 8 heteroatoms. The van der Waals surface area contributed by atoms with Gasteiger partial charge in [0.1, 0.15) is 5.82 Å². The number of hydrogen-bond acceptors (Lipinski definition) is 6. The molecule has 184 valence electrons. The van der Waals surface area contributed by atoms with E-state index in [4.69, 9.17) is 5.73 Å². The molecule has 1 unspecified atom stereocenters. The number of rotatable bonds is 7. The first-order valence-corrected chi connectivity index (χ1v) is 12.1. The molecule has 0 bridgehead atoms. The highest BCUT2D eigenvalue weighted by Gasteiger charge is 2.25. The van der Waals surface area contributed by atoms with Crippen LogP contribution < -0.4 is 11.1 Å². The molecule has 0 saturated carbocycles. The number of benzene rings is 2. The minimum atomic E-state index is -0.205. The van der Waals surface area contributed by atoms with Crippen molar-refractivity contribution in [3.63, 3.8) is 0 Å². The second-order valence-corrected chi connectivity index (χ2v) is 9.31. The summed E-state index contributed by atoms with van der Waals surface area (Å²) in [6.07, 6.45) is 6.15. The Morgan fingerprint density at radius 2 is 1.81 bits per heavy atom. The Kier molecular flexibility index (Phi) is 6.79. The number of aliphatic hydroxyl groups is 1. The summed E-state index contributed by atoms with van der Waals surface area (Å²) in [5, 5.41) is 16.8. The fourth-order valence-electron chi connectivity index (χ4n) is 4.70. The Balaban J connectivity index is 1.22. The lowest BCUT2D eigenvalue weighted by Crippen LogP contribution is -2.37. The summed E-state index contributed by atoms with van der Waals surface area (Å²) in [4.78, 5) is 19.6. The van der Waals surface area contributed by atoms with Crippen LogP contribution in [0.4, 0.5) is 5.82 Å². The summed E-state index contributed by atoms with van der Waals surface area (Å²) in [5.74, 6) is 0.0143. The summed E-state index contributed by atoms with van der Waals surface area (Å²) in [7, 11) is 1.85. The number of aryl methyl sites for hydroxylation is 1. The summed E-state index contributed by atoms with van der Waals surface area (Å²) < 4.78 is 1.71. The second kappa shape index (κ2) is 10.3. The molecule has 5 rings (SSSR count). The Morgan fingerprint density at radius 1 is 1.06 bits per heavy atom. The van der Waals surface area contributed by atoms with Crippen molar-refractivity contribution in [1.29, 1.82) is 0 Å². The van der Waals surface area contributed by atoms with Gasteiger partial charge in [-0.3, -0.25) is 14.4 Å². The maximum atomic E-state index is 13.0. The van der Waals surface area contributed by atoms with Gasteiger partial charge in [-0.15, -0.1) is 0 Å². The first-order chi connectivity index (χ1) is 17.5. The summed E-state index contributed by atoms with van der Waals surface area (Å²) in [6, 6.07) is 18.3. The van der Waals surface area contributed by atoms with Gasteiger partial charge >= 0.3 is 0 Å². The molecule has 36 heavy (non-hydrogen) atoms. The average Bonchev–Trinajstić information content (AvgIpc) is 3.53. The van der Waals surface area contributed by atoms with Crippen LogP contribution in [0.15, 0.2) is 73.2 Å². The van der Waals surface area contributed by atoms with Gasteiger partial charge in [0.05, 0.1) is 18.4 Å². The lowest BCUT2D eigenvalue weighted by atomic mass is 10.0. The molecule has 8 nitrogen and oxygen atoms in total. The minimum absolute atomic E-state index is 0.0316. The van der Waals surface area contributed by atoms with Crippen molar-refractivity contribution >= 4 is 11.7 Å². The molecular weight excluding hydrogens is 452 g/mol. The van der Waals surface area contributed by atoms with Crippen LogP contribution in [0.1, 0.15) is 27.9 Å². The Hall–Kier alpha value is -4.01. The fraction of sp³-hybridized carbons (Fsp3) is 0.250. The third-order valence-corrected chi connectivity index (χ3v) is 6.58. The van der Waals surface area contributed by atoms with E-state index in [0.29, 0.717) is 5.56 Å². The van der Waals surface area contributed by atoms with Gasteiger partial charge in [-0.1, -0.05) is 36.4 Å². The molecular formula is C28H30N6O2. The molecule has 1 amide bonds. The molecule has 0 aliphatic carbocycles. The summed E-state index contributed by atoms with van der Waals surface area (Å²) >= 11 is 0. The molecule has 1 aliphatic heterocycles. The number of amides is 1. The van der Waals surface area contributed by atoms with Crippen LogP contribution in [0.2, 0.25) is 0 Å². The molecule has 1 aliphatic rings. The lowest BCUT2D eigenvalue weighted by Gasteiger charge is -2.18. The third kappa shape index (κ3) is 5.30. The summed E-state index contributed by atoms with van der Waals surface area (Å²) in [5.41, 5.74) is 12.4. The number of anilines is 1. The largest absolute Gasteiger partial charge is 0.392 e. The number of carbonyl (C=O) groups excluding carboxylic acids is 1. The van der Waals surface area contributed by atoms with Crippen LogP contribution in [0.25, 0.3) is 22.3 Å². The fourth-order valence-corrected chi connectivity index (χ4v) is 4.70. The van der Waals surface area contributed by atoms with Gasteiger partial charge in [-0.25, -0.2) is 4.98 Å². The predicted molar refractivity (Wildman–Crippen MR) is 140 cm³/mol. The van der Waals surface area contributed by atoms with Crippen molar-refractivity contribution < 1.29 is 9.90 Å². The molecule has 2 aromatic carbocycles. The molecule has 1 atom stereocenters. The Bertz CT molecular complexity index is 1380. The van der Waals surface area contributed by atoms with Gasteiger partial charge in [0.2, 0.25) is 0 Å². The molecule has 2 aromatic heterocycles. The molecule has 3 heterocycles. The van der Waals surface area contributed by atoms with E-state index in [1.807, 2.05) is 31.4 Å². The van der Waals surface area contributed by atoms with Crippen LogP contribution in [0.3, 0.4) is 0 Å². The average molecular weight is 483 g/mol. The van der Waals surface area contributed by atoms with Gasteiger partial charge < -0.3 is 16.2 Å². The van der Waals surface area contributed by atoms with Gasteiger partial charge in [0, 0.05) is 56.2 Å². The number of pyridine rings is 1. The zero-order chi connectivity index (χ0) is 25.1. The Labute approximate surface area is 210 Å². The van der Waals surface area contributed by atoms with Crippen molar-refractivity contribution in [2.75, 3.05) is 18.8 Å². The van der Waals surface area contributed by atoms with Crippen LogP contribution in [0.5, 0.6) is 0 Å². The number of carbonyl (C=O) groups is 1. The number of nitrogens with one attached hydrogen (secondary N) is 1. The number of hydrogen-bond donors (Lipinski definition) is 3. The van der Waals surface area contributed by atoms with Crippen LogP contribution in [-0.2, 0) is 20.2 Å². The number of likely N-dealkylation sites (tertiary alicyclic amines) is 1. The standard InChI is InChI=1S/C28H30N6O2/c1-33-16-24(14-31-33)23-12-26(27(29)30-13-23)28(36)32-25-8-9-34(17-25)15-19-4-2-6-21(10-19)22-7-3-5-20(11-22)18-35/h2-7,10-14,16,25,35H,8-9,15,17-18H2,1H3,(H2,29,30)(H,32,36). The van der Waals surface area contributed by atoms with E-state index in [1.54, 1.807) is 23.1 Å². The quantitative estimate of drug-likeness (QED) is 0.373. The number of aromatic nitrogens is 3. The molecule has 1 fully saturated rings. The zero-order valence-electron chi connectivity index (χ0n) is 20.3. The van der Waals surface area contributed by atoms with Gasteiger partial charge in [-0.2, -0.15) is 5.10 Å². The van der Waals surface area contributed by atoms with E-state index in [1.165, 1.54) is 5.56 Å². The normalized spacial score (nSPS) is 15.8. The van der Waals surface area contributed by atoms with Crippen LogP contribution in [0, 0.1) is 0 Å². The maximum Gasteiger partial charge on any atom is 0.255 e. The number of nitrogen functional groups attached to an aromatic ring is 1. The van der Waals surface area contributed by atoms with Crippen molar-refractivity contribution in [3.8, 4) is 22.3 Å². The van der Waals surface area contributed by atoms with Gasteiger partial charge in [0.15, 0.2) is 0 Å².